The normalized spacial score (nSPS) is 12.4. The van der Waals surface area contributed by atoms with Crippen LogP contribution in [0.2, 0.25) is 0 Å². The molecular formula is C22H28N2O4. The molecule has 0 saturated heterocycles. The smallest absolute Gasteiger partial charge is 0.408 e. The topological polar surface area (TPSA) is 67.9 Å². The Morgan fingerprint density at radius 2 is 1.39 bits per heavy atom. The maximum absolute atomic E-state index is 13.1. The molecule has 0 fully saturated rings. The average molecular weight is 384 g/mol. The largest absolute Gasteiger partial charge is 0.444 e. The first kappa shape index (κ1) is 21.4. The molecule has 0 aromatic heterocycles. The van der Waals surface area contributed by atoms with Crippen molar-refractivity contribution in [2.24, 2.45) is 0 Å². The highest BCUT2D eigenvalue weighted by atomic mass is 16.7. The number of ether oxygens (including phenoxy) is 1. The highest BCUT2D eigenvalue weighted by Crippen LogP contribution is 2.29. The molecule has 150 valence electrons. The molecule has 0 saturated carbocycles. The molecule has 0 radical (unpaired) electrons. The van der Waals surface area contributed by atoms with E-state index in [4.69, 9.17) is 9.57 Å². The lowest BCUT2D eigenvalue weighted by atomic mass is 9.84. The Morgan fingerprint density at radius 1 is 0.929 bits per heavy atom. The number of carbonyl (C=O) groups is 2. The Morgan fingerprint density at radius 3 is 1.79 bits per heavy atom. The van der Waals surface area contributed by atoms with E-state index in [1.807, 2.05) is 60.7 Å². The molecule has 0 bridgehead atoms. The summed E-state index contributed by atoms with van der Waals surface area (Å²) in [7, 11) is 2.92. The van der Waals surface area contributed by atoms with Gasteiger partial charge in [0.05, 0.1) is 7.11 Å². The van der Waals surface area contributed by atoms with Crippen LogP contribution in [0.4, 0.5) is 4.79 Å². The van der Waals surface area contributed by atoms with Crippen molar-refractivity contribution in [1.82, 2.24) is 10.4 Å². The Hall–Kier alpha value is -2.86. The molecular weight excluding hydrogens is 356 g/mol. The maximum atomic E-state index is 13.1. The summed E-state index contributed by atoms with van der Waals surface area (Å²) in [6.07, 6.45) is -0.660. The lowest BCUT2D eigenvalue weighted by Gasteiger charge is -2.31. The van der Waals surface area contributed by atoms with E-state index in [9.17, 15) is 9.59 Å². The van der Waals surface area contributed by atoms with Crippen molar-refractivity contribution >= 4 is 12.0 Å². The Labute approximate surface area is 166 Å². The number of carbonyl (C=O) groups excluding carboxylic acids is 2. The molecule has 0 aliphatic carbocycles. The molecule has 0 spiro atoms. The summed E-state index contributed by atoms with van der Waals surface area (Å²) >= 11 is 0. The quantitative estimate of drug-likeness (QED) is 0.771. The van der Waals surface area contributed by atoms with Gasteiger partial charge in [-0.25, -0.2) is 9.86 Å². The lowest BCUT2D eigenvalue weighted by molar-refractivity contribution is -0.171. The van der Waals surface area contributed by atoms with E-state index in [1.165, 1.54) is 14.2 Å². The van der Waals surface area contributed by atoms with Crippen molar-refractivity contribution in [3.8, 4) is 0 Å². The van der Waals surface area contributed by atoms with E-state index < -0.39 is 23.7 Å². The summed E-state index contributed by atoms with van der Waals surface area (Å²) in [6, 6.07) is 18.2. The van der Waals surface area contributed by atoms with Crippen LogP contribution < -0.4 is 5.32 Å². The van der Waals surface area contributed by atoms with Crippen LogP contribution in [0.3, 0.4) is 0 Å². The zero-order valence-corrected chi connectivity index (χ0v) is 17.0. The molecule has 28 heavy (non-hydrogen) atoms. The molecule has 1 N–H and O–H groups in total. The number of nitrogens with zero attached hydrogens (tertiary/aromatic N) is 1. The van der Waals surface area contributed by atoms with Gasteiger partial charge < -0.3 is 10.1 Å². The number of alkyl carbamates (subject to hydrolysis) is 1. The van der Waals surface area contributed by atoms with Gasteiger partial charge in [0.15, 0.2) is 0 Å². The van der Waals surface area contributed by atoms with E-state index in [0.717, 1.165) is 16.2 Å². The summed E-state index contributed by atoms with van der Waals surface area (Å²) in [5.41, 5.74) is 1.11. The second-order valence-electron chi connectivity index (χ2n) is 7.44. The monoisotopic (exact) mass is 384 g/mol. The summed E-state index contributed by atoms with van der Waals surface area (Å²) < 4.78 is 5.39. The molecule has 1 atom stereocenters. The van der Waals surface area contributed by atoms with Gasteiger partial charge in [0, 0.05) is 13.0 Å². The van der Waals surface area contributed by atoms with Crippen molar-refractivity contribution in [2.75, 3.05) is 14.2 Å². The van der Waals surface area contributed by atoms with Crippen molar-refractivity contribution in [2.45, 2.75) is 38.3 Å². The molecule has 0 unspecified atom stereocenters. The van der Waals surface area contributed by atoms with Gasteiger partial charge in [-0.1, -0.05) is 60.7 Å². The molecule has 2 rings (SSSR count). The highest BCUT2D eigenvalue weighted by molar-refractivity contribution is 5.86. The third-order valence-corrected chi connectivity index (χ3v) is 4.17. The number of hydroxylamine groups is 2. The fraction of sp³-hybridized carbons (Fsp3) is 0.364. The number of hydrogen-bond donors (Lipinski definition) is 1. The Kier molecular flexibility index (Phi) is 7.18. The molecule has 0 aliphatic rings. The number of nitrogens with one attached hydrogen (secondary N) is 1. The first-order valence-corrected chi connectivity index (χ1v) is 9.14. The lowest BCUT2D eigenvalue weighted by Crippen LogP contribution is -2.51. The van der Waals surface area contributed by atoms with E-state index >= 15 is 0 Å². The van der Waals surface area contributed by atoms with Gasteiger partial charge >= 0.3 is 6.09 Å². The number of rotatable bonds is 6. The molecule has 0 heterocycles. The summed E-state index contributed by atoms with van der Waals surface area (Å²) in [4.78, 5) is 30.7. The van der Waals surface area contributed by atoms with E-state index in [-0.39, 0.29) is 5.91 Å². The third kappa shape index (κ3) is 5.82. The molecule has 6 heteroatoms. The summed E-state index contributed by atoms with van der Waals surface area (Å²) in [6.45, 7) is 5.32. The Balaban J connectivity index is 2.49. The van der Waals surface area contributed by atoms with Crippen LogP contribution >= 0.6 is 0 Å². The van der Waals surface area contributed by atoms with Crippen molar-refractivity contribution in [3.63, 3.8) is 0 Å². The van der Waals surface area contributed by atoms with Crippen molar-refractivity contribution in [3.05, 3.63) is 71.8 Å². The average Bonchev–Trinajstić information content (AvgIpc) is 2.66. The summed E-state index contributed by atoms with van der Waals surface area (Å²) in [5.74, 6) is -0.800. The zero-order chi connectivity index (χ0) is 20.7. The van der Waals surface area contributed by atoms with Crippen LogP contribution in [0.1, 0.15) is 37.8 Å². The number of hydrogen-bond acceptors (Lipinski definition) is 4. The third-order valence-electron chi connectivity index (χ3n) is 4.17. The number of benzene rings is 2. The van der Waals surface area contributed by atoms with Gasteiger partial charge in [-0.05, 0) is 31.9 Å². The van der Waals surface area contributed by atoms with Crippen LogP contribution in [0.15, 0.2) is 60.7 Å². The minimum Gasteiger partial charge on any atom is -0.444 e. The van der Waals surface area contributed by atoms with Crippen LogP contribution in [-0.2, 0) is 14.4 Å². The molecule has 2 aromatic rings. The molecule has 0 aliphatic heterocycles. The van der Waals surface area contributed by atoms with Crippen LogP contribution in [0.5, 0.6) is 0 Å². The van der Waals surface area contributed by atoms with Gasteiger partial charge in [0.1, 0.15) is 11.6 Å². The first-order valence-electron chi connectivity index (χ1n) is 9.14. The molecule has 6 nitrogen and oxygen atoms in total. The van der Waals surface area contributed by atoms with Gasteiger partial charge in [-0.15, -0.1) is 0 Å². The van der Waals surface area contributed by atoms with Crippen molar-refractivity contribution < 1.29 is 19.2 Å². The number of amides is 2. The summed E-state index contributed by atoms with van der Waals surface area (Å²) in [5, 5.41) is 3.87. The molecule has 2 amide bonds. The first-order chi connectivity index (χ1) is 13.2. The fourth-order valence-corrected chi connectivity index (χ4v) is 2.91. The van der Waals surface area contributed by atoms with Gasteiger partial charge in [0.25, 0.3) is 5.91 Å². The van der Waals surface area contributed by atoms with E-state index in [0.29, 0.717) is 0 Å². The van der Waals surface area contributed by atoms with Crippen LogP contribution in [0, 0.1) is 0 Å². The van der Waals surface area contributed by atoms with Gasteiger partial charge in [-0.2, -0.15) is 0 Å². The van der Waals surface area contributed by atoms with Gasteiger partial charge in [0.2, 0.25) is 0 Å². The predicted octanol–water partition coefficient (Wildman–Crippen LogP) is 3.73. The highest BCUT2D eigenvalue weighted by Gasteiger charge is 2.35. The SMILES string of the molecule is CON(C)C(=O)[C@H](NC(=O)OC(C)(C)C)C(c1ccccc1)c1ccccc1. The van der Waals surface area contributed by atoms with E-state index in [2.05, 4.69) is 5.32 Å². The van der Waals surface area contributed by atoms with E-state index in [1.54, 1.807) is 20.8 Å². The second-order valence-corrected chi connectivity index (χ2v) is 7.44. The zero-order valence-electron chi connectivity index (χ0n) is 17.0. The standard InChI is InChI=1S/C22H28N2O4/c1-22(2,3)28-21(26)23-19(20(25)24(4)27-5)18(16-12-8-6-9-13-16)17-14-10-7-11-15-17/h6-15,18-19H,1-5H3,(H,23,26)/t19-/m1/s1. The predicted molar refractivity (Wildman–Crippen MR) is 108 cm³/mol. The van der Waals surface area contributed by atoms with Crippen molar-refractivity contribution in [1.29, 1.82) is 0 Å². The number of likely N-dealkylation sites (N-methyl/N-ethyl adjacent to an activating group) is 1. The van der Waals surface area contributed by atoms with Gasteiger partial charge in [-0.3, -0.25) is 9.63 Å². The minimum absolute atomic E-state index is 0.383. The maximum Gasteiger partial charge on any atom is 0.408 e. The van der Waals surface area contributed by atoms with Crippen LogP contribution in [0.25, 0.3) is 0 Å². The van der Waals surface area contributed by atoms with Crippen LogP contribution in [-0.4, -0.2) is 42.9 Å². The minimum atomic E-state index is -0.912. The fourth-order valence-electron chi connectivity index (χ4n) is 2.91. The Bertz CT molecular complexity index is 733. The molecule has 2 aromatic carbocycles. The second kappa shape index (κ2) is 9.37.